The monoisotopic (exact) mass is 316 g/mol. The van der Waals surface area contributed by atoms with Gasteiger partial charge in [0.2, 0.25) is 0 Å². The van der Waals surface area contributed by atoms with Crippen LogP contribution in [0.1, 0.15) is 92.4 Å². The number of carbonyl (C=O) groups excluding carboxylic acids is 1. The summed E-state index contributed by atoms with van der Waals surface area (Å²) in [5.41, 5.74) is 0.922. The summed E-state index contributed by atoms with van der Waals surface area (Å²) in [7, 11) is 0. The minimum atomic E-state index is -1.07. The number of allylic oxidation sites excluding steroid dienone is 1. The molecule has 3 heteroatoms. The first-order chi connectivity index (χ1) is 10.3. The third kappa shape index (κ3) is 18.0. The van der Waals surface area contributed by atoms with Gasteiger partial charge in [0.1, 0.15) is 0 Å². The van der Waals surface area contributed by atoms with Crippen molar-refractivity contribution in [3.8, 4) is 0 Å². The van der Waals surface area contributed by atoms with Gasteiger partial charge in [-0.15, -0.1) is 0 Å². The summed E-state index contributed by atoms with van der Waals surface area (Å²) in [4.78, 5) is 10.4. The van der Waals surface area contributed by atoms with Gasteiger partial charge >= 0.3 is 18.9 Å². The van der Waals surface area contributed by atoms with Gasteiger partial charge in [0.15, 0.2) is 0 Å². The Labute approximate surface area is 156 Å². The molecule has 0 unspecified atom stereocenters. The van der Waals surface area contributed by atoms with Crippen molar-refractivity contribution in [1.82, 2.24) is 0 Å². The second-order valence-electron chi connectivity index (χ2n) is 7.67. The Morgan fingerprint density at radius 1 is 0.870 bits per heavy atom. The number of carboxylic acids is 1. The quantitative estimate of drug-likeness (QED) is 0.386. The molecule has 0 saturated heterocycles. The van der Waals surface area contributed by atoms with Crippen molar-refractivity contribution < 1.29 is 28.8 Å². The molecule has 130 valence electrons. The van der Waals surface area contributed by atoms with Crippen LogP contribution in [0, 0.1) is 17.8 Å². The van der Waals surface area contributed by atoms with Gasteiger partial charge in [-0.2, -0.15) is 0 Å². The topological polar surface area (TPSA) is 40.1 Å². The fraction of sp³-hybridized carbons (Fsp3) is 0.850. The van der Waals surface area contributed by atoms with Crippen LogP contribution >= 0.6 is 0 Å². The molecule has 0 heterocycles. The molecule has 0 aromatic heterocycles. The SMILES string of the molecule is C/C(=C\C(=O)[O-])CCC[C@H](C)CCC[C@H](C)CCCC(C)C.[Li+]. The second kappa shape index (κ2) is 15.3. The Morgan fingerprint density at radius 2 is 1.30 bits per heavy atom. The van der Waals surface area contributed by atoms with Crippen LogP contribution < -0.4 is 24.0 Å². The Balaban J connectivity index is 0. The largest absolute Gasteiger partial charge is 1.00 e. The average Bonchev–Trinajstić information content (AvgIpc) is 2.37. The van der Waals surface area contributed by atoms with Crippen molar-refractivity contribution in [3.63, 3.8) is 0 Å². The van der Waals surface area contributed by atoms with Gasteiger partial charge in [0, 0.05) is 0 Å². The molecule has 0 spiro atoms. The van der Waals surface area contributed by atoms with E-state index in [-0.39, 0.29) is 18.9 Å². The zero-order valence-corrected chi connectivity index (χ0v) is 16.5. The second-order valence-corrected chi connectivity index (χ2v) is 7.67. The van der Waals surface area contributed by atoms with Crippen LogP contribution in [0.4, 0.5) is 0 Å². The number of hydrogen-bond acceptors (Lipinski definition) is 2. The molecule has 0 aromatic rings. The van der Waals surface area contributed by atoms with Crippen LogP contribution in [-0.2, 0) is 4.79 Å². The summed E-state index contributed by atoms with van der Waals surface area (Å²) in [6.07, 6.45) is 12.5. The maximum atomic E-state index is 10.4. The van der Waals surface area contributed by atoms with E-state index in [2.05, 4.69) is 27.7 Å². The summed E-state index contributed by atoms with van der Waals surface area (Å²) < 4.78 is 0. The van der Waals surface area contributed by atoms with Crippen molar-refractivity contribution in [2.45, 2.75) is 92.4 Å². The number of aliphatic carboxylic acids is 1. The van der Waals surface area contributed by atoms with E-state index in [1.54, 1.807) is 0 Å². The zero-order valence-electron chi connectivity index (χ0n) is 16.5. The standard InChI is InChI=1S/C20H38O2.Li/c1-16(2)9-6-10-17(3)11-7-12-18(4)13-8-14-19(5)15-20(21)22;/h15-18H,6-14H2,1-5H3,(H,21,22);/q;+1/p-1/b19-15+;/t17-,18-;/m1./s1. The van der Waals surface area contributed by atoms with Gasteiger partial charge < -0.3 is 9.90 Å². The van der Waals surface area contributed by atoms with Gasteiger partial charge in [-0.25, -0.2) is 0 Å². The maximum absolute atomic E-state index is 10.4. The number of carboxylic acid groups (broad SMARTS) is 1. The van der Waals surface area contributed by atoms with Crippen molar-refractivity contribution in [1.29, 1.82) is 0 Å². The van der Waals surface area contributed by atoms with Crippen LogP contribution in [0.5, 0.6) is 0 Å². The Kier molecular flexibility index (Phi) is 16.7. The van der Waals surface area contributed by atoms with Crippen LogP contribution in [0.15, 0.2) is 11.6 Å². The molecule has 0 rings (SSSR count). The fourth-order valence-corrected chi connectivity index (χ4v) is 2.98. The minimum absolute atomic E-state index is 0. The molecule has 2 atom stereocenters. The molecule has 23 heavy (non-hydrogen) atoms. The Morgan fingerprint density at radius 3 is 1.74 bits per heavy atom. The summed E-state index contributed by atoms with van der Waals surface area (Å²) in [5, 5.41) is 10.4. The van der Waals surface area contributed by atoms with Gasteiger partial charge in [0.25, 0.3) is 0 Å². The Bertz CT molecular complexity index is 324. The molecule has 2 nitrogen and oxygen atoms in total. The number of rotatable bonds is 13. The molecule has 0 aliphatic carbocycles. The predicted octanol–water partition coefficient (Wildman–Crippen LogP) is 2.13. The summed E-state index contributed by atoms with van der Waals surface area (Å²) in [6, 6.07) is 0. The zero-order chi connectivity index (χ0) is 17.0. The molecular formula is C20H37LiO2. The summed E-state index contributed by atoms with van der Waals surface area (Å²) >= 11 is 0. The third-order valence-electron chi connectivity index (χ3n) is 4.50. The van der Waals surface area contributed by atoms with E-state index in [1.807, 2.05) is 6.92 Å². The molecule has 0 aliphatic heterocycles. The van der Waals surface area contributed by atoms with Crippen molar-refractivity contribution >= 4 is 5.97 Å². The third-order valence-corrected chi connectivity index (χ3v) is 4.50. The molecule has 0 aliphatic rings. The first kappa shape index (κ1) is 25.1. The molecule has 0 amide bonds. The number of carbonyl (C=O) groups is 1. The molecule has 0 N–H and O–H groups in total. The van der Waals surface area contributed by atoms with E-state index in [4.69, 9.17) is 0 Å². The first-order valence-electron chi connectivity index (χ1n) is 9.19. The number of hydrogen-bond donors (Lipinski definition) is 0. The summed E-state index contributed by atoms with van der Waals surface area (Å²) in [5.74, 6) is 1.37. The van der Waals surface area contributed by atoms with Crippen LogP contribution in [0.2, 0.25) is 0 Å². The maximum Gasteiger partial charge on any atom is 1.00 e. The van der Waals surface area contributed by atoms with E-state index >= 15 is 0 Å². The molecule has 0 bridgehead atoms. The van der Waals surface area contributed by atoms with E-state index in [0.717, 1.165) is 36.2 Å². The Hall–Kier alpha value is -0.193. The molecule has 0 radical (unpaired) electrons. The van der Waals surface area contributed by atoms with E-state index < -0.39 is 5.97 Å². The average molecular weight is 316 g/mol. The smallest absolute Gasteiger partial charge is 0.545 e. The van der Waals surface area contributed by atoms with Crippen LogP contribution in [0.25, 0.3) is 0 Å². The van der Waals surface area contributed by atoms with E-state index in [9.17, 15) is 9.90 Å². The van der Waals surface area contributed by atoms with Gasteiger partial charge in [-0.3, -0.25) is 0 Å². The van der Waals surface area contributed by atoms with Gasteiger partial charge in [-0.05, 0) is 43.6 Å². The van der Waals surface area contributed by atoms with Crippen molar-refractivity contribution in [3.05, 3.63) is 11.6 Å². The molecular weight excluding hydrogens is 279 g/mol. The fourth-order valence-electron chi connectivity index (χ4n) is 2.98. The van der Waals surface area contributed by atoms with E-state index in [0.29, 0.717) is 0 Å². The first-order valence-corrected chi connectivity index (χ1v) is 9.19. The molecule has 0 aromatic carbocycles. The summed E-state index contributed by atoms with van der Waals surface area (Å²) in [6.45, 7) is 11.2. The van der Waals surface area contributed by atoms with Crippen LogP contribution in [-0.4, -0.2) is 5.97 Å². The predicted molar refractivity (Wildman–Crippen MR) is 93.5 cm³/mol. The molecule has 0 saturated carbocycles. The molecule has 0 fully saturated rings. The van der Waals surface area contributed by atoms with Crippen LogP contribution in [0.3, 0.4) is 0 Å². The van der Waals surface area contributed by atoms with Crippen molar-refractivity contribution in [2.75, 3.05) is 0 Å². The van der Waals surface area contributed by atoms with Gasteiger partial charge in [0.05, 0.1) is 5.97 Å². The van der Waals surface area contributed by atoms with Gasteiger partial charge in [-0.1, -0.05) is 78.2 Å². The normalized spacial score (nSPS) is 14.4. The van der Waals surface area contributed by atoms with E-state index in [1.165, 1.54) is 51.0 Å². The minimum Gasteiger partial charge on any atom is -0.545 e. The van der Waals surface area contributed by atoms with Crippen molar-refractivity contribution in [2.24, 2.45) is 17.8 Å².